The minimum atomic E-state index is 0.104. The Morgan fingerprint density at radius 3 is 3.24 bits per heavy atom. The number of hydrogen-bond donors (Lipinski definition) is 1. The van der Waals surface area contributed by atoms with Crippen LogP contribution in [0.2, 0.25) is 0 Å². The smallest absolute Gasteiger partial charge is 0.129 e. The first-order valence-electron chi connectivity index (χ1n) is 6.41. The monoisotopic (exact) mass is 224 g/mol. The van der Waals surface area contributed by atoms with Crippen LogP contribution in [0, 0.1) is 0 Å². The second-order valence-corrected chi connectivity index (χ2v) is 4.93. The van der Waals surface area contributed by atoms with E-state index in [1.807, 2.05) is 18.3 Å². The predicted molar refractivity (Wildman–Crippen MR) is 66.0 cm³/mol. The van der Waals surface area contributed by atoms with Gasteiger partial charge < -0.3 is 5.32 Å². The summed E-state index contributed by atoms with van der Waals surface area (Å²) in [7, 11) is 0. The van der Waals surface area contributed by atoms with Gasteiger partial charge in [-0.1, -0.05) is 12.1 Å². The maximum atomic E-state index is 7.68. The molecule has 4 rings (SSSR count). The second kappa shape index (κ2) is 3.06. The Bertz CT molecular complexity index is 641. The van der Waals surface area contributed by atoms with Crippen LogP contribution in [-0.2, 0) is 18.3 Å². The topological polar surface area (TPSA) is 37.8 Å². The molecule has 0 bridgehead atoms. The molecule has 1 aliphatic carbocycles. The fraction of sp³-hybridized carbons (Fsp3) is 0.286. The maximum Gasteiger partial charge on any atom is 0.129 e. The van der Waals surface area contributed by atoms with Gasteiger partial charge in [0.15, 0.2) is 0 Å². The normalized spacial score (nSPS) is 25.3. The highest BCUT2D eigenvalue weighted by Gasteiger charge is 2.44. The summed E-state index contributed by atoms with van der Waals surface area (Å²) in [6.45, 7) is 0.920. The summed E-state index contributed by atoms with van der Waals surface area (Å²) in [5.41, 5.74) is 3.77. The minimum Gasteiger partial charge on any atom is -0.369 e. The number of nitrogens with zero attached hydrogens (tertiary/aromatic N) is 2. The van der Waals surface area contributed by atoms with Crippen LogP contribution in [-0.4, -0.2) is 16.5 Å². The first-order chi connectivity index (χ1) is 8.77. The maximum absolute atomic E-state index is 7.68. The Morgan fingerprint density at radius 2 is 2.24 bits per heavy atom. The van der Waals surface area contributed by atoms with Crippen LogP contribution in [0.3, 0.4) is 0 Å². The summed E-state index contributed by atoms with van der Waals surface area (Å²) in [6.07, 6.45) is 5.39. The Morgan fingerprint density at radius 1 is 1.24 bits per heavy atom. The van der Waals surface area contributed by atoms with Crippen molar-refractivity contribution in [2.24, 2.45) is 0 Å². The highest BCUT2D eigenvalue weighted by Crippen LogP contribution is 2.44. The number of fused-ring (bicyclic) bond motifs is 3. The van der Waals surface area contributed by atoms with Crippen molar-refractivity contribution in [3.63, 3.8) is 0 Å². The first kappa shape index (κ1) is 8.23. The fourth-order valence-electron chi connectivity index (χ4n) is 3.12. The third-order valence-electron chi connectivity index (χ3n) is 3.93. The van der Waals surface area contributed by atoms with E-state index in [1.54, 1.807) is 6.20 Å². The van der Waals surface area contributed by atoms with Crippen LogP contribution in [0.4, 0.5) is 5.82 Å². The average molecular weight is 224 g/mol. The summed E-state index contributed by atoms with van der Waals surface area (Å²) < 4.78 is 7.68. The van der Waals surface area contributed by atoms with Gasteiger partial charge in [0.2, 0.25) is 0 Å². The molecule has 2 aromatic heterocycles. The summed E-state index contributed by atoms with van der Waals surface area (Å²) in [4.78, 5) is 8.81. The largest absolute Gasteiger partial charge is 0.369 e. The molecule has 1 unspecified atom stereocenters. The van der Waals surface area contributed by atoms with Crippen molar-refractivity contribution in [1.29, 1.82) is 0 Å². The van der Waals surface area contributed by atoms with Gasteiger partial charge in [0.25, 0.3) is 0 Å². The Labute approximate surface area is 101 Å². The van der Waals surface area contributed by atoms with Crippen molar-refractivity contribution >= 4 is 5.82 Å². The molecule has 3 heteroatoms. The molecule has 1 spiro atoms. The van der Waals surface area contributed by atoms with Crippen LogP contribution in [0.5, 0.6) is 0 Å². The molecule has 1 N–H and O–H groups in total. The van der Waals surface area contributed by atoms with Gasteiger partial charge >= 0.3 is 0 Å². The van der Waals surface area contributed by atoms with E-state index >= 15 is 0 Å². The molecule has 2 aliphatic rings. The molecule has 1 aliphatic heterocycles. The first-order valence-corrected chi connectivity index (χ1v) is 5.91. The number of nitrogens with one attached hydrogen (secondary N) is 1. The number of pyridine rings is 2. The zero-order chi connectivity index (χ0) is 12.2. The highest BCUT2D eigenvalue weighted by atomic mass is 15.0. The summed E-state index contributed by atoms with van der Waals surface area (Å²) in [6, 6.07) is 6.62. The summed E-state index contributed by atoms with van der Waals surface area (Å²) >= 11 is 0. The third kappa shape index (κ3) is 1.16. The molecule has 0 amide bonds. The van der Waals surface area contributed by atoms with Crippen molar-refractivity contribution in [2.75, 3.05) is 11.9 Å². The molecule has 0 fully saturated rings. The van der Waals surface area contributed by atoms with Crippen LogP contribution in [0.25, 0.3) is 0 Å². The Kier molecular flexibility index (Phi) is 1.48. The predicted octanol–water partition coefficient (Wildman–Crippen LogP) is 1.94. The van der Waals surface area contributed by atoms with Crippen molar-refractivity contribution in [2.45, 2.75) is 18.3 Å². The van der Waals surface area contributed by atoms with E-state index in [1.165, 1.54) is 11.1 Å². The molecule has 84 valence electrons. The lowest BCUT2D eigenvalue weighted by Crippen LogP contribution is -2.29. The Hall–Kier alpha value is -1.90. The standard InChI is InChI=1S/C14H13N3/c1-3-10-7-14(8-12(10)15-5-1)9-17-13-11(14)4-2-6-16-13/h1-6H,7-9H2,(H,16,17)/i1D. The van der Waals surface area contributed by atoms with E-state index in [-0.39, 0.29) is 5.41 Å². The molecule has 0 saturated heterocycles. The van der Waals surface area contributed by atoms with Crippen LogP contribution in [0.15, 0.2) is 36.6 Å². The molecule has 2 aromatic rings. The molecule has 0 aromatic carbocycles. The second-order valence-electron chi connectivity index (χ2n) is 4.93. The van der Waals surface area contributed by atoms with E-state index in [2.05, 4.69) is 21.4 Å². The van der Waals surface area contributed by atoms with Crippen molar-refractivity contribution in [1.82, 2.24) is 9.97 Å². The van der Waals surface area contributed by atoms with E-state index in [4.69, 9.17) is 1.37 Å². The zero-order valence-corrected chi connectivity index (χ0v) is 9.40. The van der Waals surface area contributed by atoms with Crippen LogP contribution < -0.4 is 5.32 Å². The van der Waals surface area contributed by atoms with Gasteiger partial charge in [0.1, 0.15) is 5.82 Å². The van der Waals surface area contributed by atoms with Crippen molar-refractivity contribution in [3.8, 4) is 0 Å². The lowest BCUT2D eigenvalue weighted by Gasteiger charge is -2.21. The van der Waals surface area contributed by atoms with Gasteiger partial charge in [-0.15, -0.1) is 0 Å². The van der Waals surface area contributed by atoms with E-state index < -0.39 is 0 Å². The molecule has 0 radical (unpaired) electrons. The molecule has 3 nitrogen and oxygen atoms in total. The van der Waals surface area contributed by atoms with E-state index in [0.717, 1.165) is 30.9 Å². The molecule has 17 heavy (non-hydrogen) atoms. The quantitative estimate of drug-likeness (QED) is 0.743. The Balaban J connectivity index is 1.82. The lowest BCUT2D eigenvalue weighted by atomic mass is 9.80. The fourth-order valence-corrected chi connectivity index (χ4v) is 3.12. The third-order valence-corrected chi connectivity index (χ3v) is 3.93. The zero-order valence-electron chi connectivity index (χ0n) is 10.4. The highest BCUT2D eigenvalue weighted by molar-refractivity contribution is 5.58. The summed E-state index contributed by atoms with van der Waals surface area (Å²) in [5.74, 6) is 1.01. The van der Waals surface area contributed by atoms with Crippen molar-refractivity contribution in [3.05, 3.63) is 53.5 Å². The van der Waals surface area contributed by atoms with E-state index in [9.17, 15) is 0 Å². The summed E-state index contributed by atoms with van der Waals surface area (Å²) in [5, 5.41) is 3.40. The average Bonchev–Trinajstić information content (AvgIpc) is 2.92. The number of aromatic nitrogens is 2. The molecule has 3 heterocycles. The van der Waals surface area contributed by atoms with Crippen LogP contribution in [0.1, 0.15) is 18.2 Å². The van der Waals surface area contributed by atoms with E-state index in [0.29, 0.717) is 6.04 Å². The van der Waals surface area contributed by atoms with Crippen molar-refractivity contribution < 1.29 is 1.37 Å². The molecular weight excluding hydrogens is 210 g/mol. The SMILES string of the molecule is [2H]c1cnc2c(c1)CC1(CNc3ncccc31)C2. The minimum absolute atomic E-state index is 0.104. The number of hydrogen-bond acceptors (Lipinski definition) is 3. The number of rotatable bonds is 0. The van der Waals surface area contributed by atoms with Gasteiger partial charge in [-0.25, -0.2) is 4.98 Å². The van der Waals surface area contributed by atoms with Gasteiger partial charge in [0.05, 0.1) is 1.37 Å². The van der Waals surface area contributed by atoms with Crippen LogP contribution >= 0.6 is 0 Å². The lowest BCUT2D eigenvalue weighted by molar-refractivity contribution is 0.498. The van der Waals surface area contributed by atoms with Gasteiger partial charge in [-0.05, 0) is 24.1 Å². The molecule has 1 atom stereocenters. The van der Waals surface area contributed by atoms with Gasteiger partial charge in [-0.2, -0.15) is 0 Å². The molecule has 0 saturated carbocycles. The van der Waals surface area contributed by atoms with Gasteiger partial charge in [-0.3, -0.25) is 4.98 Å². The molecular formula is C14H13N3. The number of anilines is 1. The van der Waals surface area contributed by atoms with Gasteiger partial charge in [0, 0.05) is 42.0 Å².